The molecule has 0 aliphatic carbocycles. The summed E-state index contributed by atoms with van der Waals surface area (Å²) in [6.45, 7) is 2.86. The minimum Gasteiger partial charge on any atom is -0.463 e. The molecule has 1 fully saturated rings. The smallest absolute Gasteiger partial charge is 0.463 e. The van der Waals surface area contributed by atoms with Gasteiger partial charge in [-0.15, -0.1) is 0 Å². The van der Waals surface area contributed by atoms with Crippen LogP contribution in [0.3, 0.4) is 0 Å². The highest BCUT2D eigenvalue weighted by molar-refractivity contribution is 7.87. The van der Waals surface area contributed by atoms with Crippen molar-refractivity contribution in [3.05, 3.63) is 0 Å². The first-order valence-corrected chi connectivity index (χ1v) is 12.6. The van der Waals surface area contributed by atoms with Crippen molar-refractivity contribution in [2.45, 2.75) is 88.5 Å². The Kier molecular flexibility index (Phi) is 11.9. The number of halogens is 9. The Bertz CT molecular complexity index is 1050. The normalized spacial score (nSPS) is 24.5. The van der Waals surface area contributed by atoms with Crippen molar-refractivity contribution in [1.82, 2.24) is 0 Å². The van der Waals surface area contributed by atoms with Gasteiger partial charge in [-0.25, -0.2) is 4.74 Å². The maximum Gasteiger partial charge on any atom is 0.464 e. The molecule has 1 aliphatic heterocycles. The lowest BCUT2D eigenvalue weighted by Gasteiger charge is -2.43. The number of carbonyl (C=O) groups is 3. The van der Waals surface area contributed by atoms with E-state index in [0.717, 1.165) is 20.8 Å². The van der Waals surface area contributed by atoms with E-state index in [9.17, 15) is 61.8 Å². The highest BCUT2D eigenvalue weighted by Crippen LogP contribution is 2.48. The predicted molar refractivity (Wildman–Crippen MR) is 112 cm³/mol. The van der Waals surface area contributed by atoms with E-state index in [4.69, 9.17) is 23.7 Å². The molecule has 2 unspecified atom stereocenters. The summed E-state index contributed by atoms with van der Waals surface area (Å²) in [5.74, 6) is -9.16. The number of alkyl halides is 8. The van der Waals surface area contributed by atoms with E-state index >= 15 is 0 Å². The fraction of sp³-hybridized carbons (Fsp3) is 0.850. The molecule has 0 aromatic carbocycles. The molecular weight excluding hydrogens is 619 g/mol. The molecule has 240 valence electrons. The Morgan fingerprint density at radius 2 is 1.34 bits per heavy atom. The van der Waals surface area contributed by atoms with Crippen LogP contribution in [0, 0.1) is 5.92 Å². The van der Waals surface area contributed by atoms with Gasteiger partial charge >= 0.3 is 51.5 Å². The number of ether oxygens (including phenoxy) is 6. The van der Waals surface area contributed by atoms with Crippen molar-refractivity contribution in [2.24, 2.45) is 5.92 Å². The van der Waals surface area contributed by atoms with Crippen LogP contribution in [0.2, 0.25) is 0 Å². The molecule has 1 saturated heterocycles. The van der Waals surface area contributed by atoms with Gasteiger partial charge in [-0.2, -0.15) is 43.5 Å². The molecule has 1 heterocycles. The average Bonchev–Trinajstić information content (AvgIpc) is 2.77. The lowest BCUT2D eigenvalue weighted by Crippen LogP contribution is -2.58. The Morgan fingerprint density at radius 3 is 1.80 bits per heavy atom. The van der Waals surface area contributed by atoms with E-state index in [-0.39, 0.29) is 0 Å². The van der Waals surface area contributed by atoms with Gasteiger partial charge in [0, 0.05) is 33.1 Å². The zero-order chi connectivity index (χ0) is 32.2. The van der Waals surface area contributed by atoms with E-state index in [0.29, 0.717) is 0 Å². The van der Waals surface area contributed by atoms with Crippen molar-refractivity contribution in [1.29, 1.82) is 0 Å². The second kappa shape index (κ2) is 13.3. The van der Waals surface area contributed by atoms with Gasteiger partial charge in [0.15, 0.2) is 12.4 Å². The molecule has 0 amide bonds. The fourth-order valence-corrected chi connectivity index (χ4v) is 3.70. The summed E-state index contributed by atoms with van der Waals surface area (Å²) in [7, 11) is -7.57. The first-order valence-electron chi connectivity index (χ1n) is 11.3. The van der Waals surface area contributed by atoms with Gasteiger partial charge < -0.3 is 23.7 Å². The van der Waals surface area contributed by atoms with Gasteiger partial charge in [0.05, 0.1) is 6.61 Å². The Labute approximate surface area is 226 Å². The predicted octanol–water partition coefficient (Wildman–Crippen LogP) is 3.30. The van der Waals surface area contributed by atoms with E-state index in [1.807, 2.05) is 0 Å². The second-order valence-electron chi connectivity index (χ2n) is 8.62. The summed E-state index contributed by atoms with van der Waals surface area (Å²) in [4.78, 5) is 34.3. The monoisotopic (exact) mass is 644 g/mol. The lowest BCUT2D eigenvalue weighted by molar-refractivity contribution is -0.456. The first kappa shape index (κ1) is 36.6. The van der Waals surface area contributed by atoms with E-state index in [1.54, 1.807) is 0 Å². The molecule has 5 atom stereocenters. The minimum atomic E-state index is -7.57. The lowest BCUT2D eigenvalue weighted by atomic mass is 9.90. The summed E-state index contributed by atoms with van der Waals surface area (Å²) in [5, 5.41) is -6.93. The molecular formula is C20H25F9O11S. The highest BCUT2D eigenvalue weighted by Gasteiger charge is 2.74. The molecule has 0 aromatic heterocycles. The summed E-state index contributed by atoms with van der Waals surface area (Å²) in [6, 6.07) is 0. The molecule has 11 nitrogen and oxygen atoms in total. The highest BCUT2D eigenvalue weighted by atomic mass is 32.3. The van der Waals surface area contributed by atoms with Gasteiger partial charge in [-0.3, -0.25) is 14.4 Å². The van der Waals surface area contributed by atoms with Crippen LogP contribution < -0.4 is 0 Å². The number of hydrogen-bond acceptors (Lipinski definition) is 11. The van der Waals surface area contributed by atoms with E-state index < -0.39 is 108 Å². The summed E-state index contributed by atoms with van der Waals surface area (Å²) in [5.41, 5.74) is 0. The van der Waals surface area contributed by atoms with Crippen LogP contribution in [-0.2, 0) is 53.0 Å². The third kappa shape index (κ3) is 9.30. The topological polar surface area (TPSA) is 141 Å². The maximum absolute atomic E-state index is 14.0. The Morgan fingerprint density at radius 1 is 0.829 bits per heavy atom. The average molecular weight is 644 g/mol. The third-order valence-electron chi connectivity index (χ3n) is 5.28. The van der Waals surface area contributed by atoms with Crippen LogP contribution in [0.4, 0.5) is 39.0 Å². The summed E-state index contributed by atoms with van der Waals surface area (Å²) in [6.07, 6.45) is -22.2. The Balaban J connectivity index is 3.01. The standard InChI is InChI=1S/C20H25F9O11S/c1-9-14(37-11(3)31)13(8-36-10(2)30)39-16(15(9)38-12(4)32)35-7-5-6-17(21,22)18(23,24)40-19(25,26)20(27,28)41(29,33)34/h9,13-16H,5-8H2,1-4H3/t9-,13?,14-,15?,16+/m0/s1. The van der Waals surface area contributed by atoms with Crippen molar-refractivity contribution in [2.75, 3.05) is 13.2 Å². The molecule has 0 bridgehead atoms. The van der Waals surface area contributed by atoms with E-state index in [1.165, 1.54) is 6.92 Å². The molecule has 0 saturated carbocycles. The number of hydrogen-bond donors (Lipinski definition) is 0. The third-order valence-corrected chi connectivity index (χ3v) is 6.13. The van der Waals surface area contributed by atoms with Crippen LogP contribution in [0.5, 0.6) is 0 Å². The zero-order valence-electron chi connectivity index (χ0n) is 21.5. The van der Waals surface area contributed by atoms with Crippen LogP contribution >= 0.6 is 0 Å². The molecule has 1 rings (SSSR count). The van der Waals surface area contributed by atoms with Crippen LogP contribution in [0.25, 0.3) is 0 Å². The van der Waals surface area contributed by atoms with Gasteiger partial charge in [-0.05, 0) is 6.42 Å². The van der Waals surface area contributed by atoms with Gasteiger partial charge in [-0.1, -0.05) is 10.8 Å². The minimum absolute atomic E-state index is 0.542. The van der Waals surface area contributed by atoms with Crippen molar-refractivity contribution < 1.29 is 90.2 Å². The maximum atomic E-state index is 14.0. The summed E-state index contributed by atoms with van der Waals surface area (Å²) >= 11 is 0. The van der Waals surface area contributed by atoms with Crippen LogP contribution in [0.1, 0.15) is 40.5 Å². The Hall–Kier alpha value is -2.39. The molecule has 0 aromatic rings. The van der Waals surface area contributed by atoms with Crippen molar-refractivity contribution >= 4 is 28.1 Å². The molecule has 1 aliphatic rings. The van der Waals surface area contributed by atoms with Crippen LogP contribution in [0.15, 0.2) is 0 Å². The van der Waals surface area contributed by atoms with Gasteiger partial charge in [0.2, 0.25) is 0 Å². The molecule has 0 N–H and O–H groups in total. The van der Waals surface area contributed by atoms with Gasteiger partial charge in [0.25, 0.3) is 0 Å². The number of rotatable bonds is 14. The van der Waals surface area contributed by atoms with Gasteiger partial charge in [0.1, 0.15) is 18.8 Å². The van der Waals surface area contributed by atoms with Crippen LogP contribution in [-0.4, -0.2) is 87.5 Å². The summed E-state index contributed by atoms with van der Waals surface area (Å²) < 4.78 is 168. The largest absolute Gasteiger partial charge is 0.464 e. The quantitative estimate of drug-likeness (QED) is 0.0905. The molecule has 21 heteroatoms. The van der Waals surface area contributed by atoms with Crippen molar-refractivity contribution in [3.63, 3.8) is 0 Å². The first-order chi connectivity index (χ1) is 18.4. The number of esters is 3. The number of carbonyl (C=O) groups excluding carboxylic acids is 3. The van der Waals surface area contributed by atoms with Crippen molar-refractivity contribution in [3.8, 4) is 0 Å². The second-order valence-corrected chi connectivity index (χ2v) is 10.0. The molecule has 0 spiro atoms. The molecule has 41 heavy (non-hydrogen) atoms. The SMILES string of the molecule is CC(=O)OCC1O[C@@H](OCCCC(F)(F)C(F)(F)OC(F)(F)C(F)(F)S(=O)(=O)F)C(OC(C)=O)[C@@H](C)[C@@H]1OC(C)=O. The van der Waals surface area contributed by atoms with E-state index in [2.05, 4.69) is 4.74 Å². The molecule has 0 radical (unpaired) electrons. The zero-order valence-corrected chi connectivity index (χ0v) is 22.3. The fourth-order valence-electron chi connectivity index (χ4n) is 3.37.